The minimum atomic E-state index is -0.451. The molecule has 8 aromatic carbocycles. The average molecular weight is 1020 g/mol. The summed E-state index contributed by atoms with van der Waals surface area (Å²) in [4.78, 5) is 4.22. The largest absolute Gasteiger partial charge is 0.316 e. The molecule has 2 heterocycles. The van der Waals surface area contributed by atoms with Gasteiger partial charge in [0.15, 0.2) is 5.82 Å². The summed E-state index contributed by atoms with van der Waals surface area (Å²) >= 11 is 0. The maximum absolute atomic E-state index is 4.66. The molecule has 10 aromatic rings. The second kappa shape index (κ2) is 19.2. The van der Waals surface area contributed by atoms with Crippen LogP contribution >= 0.6 is 0 Å². The van der Waals surface area contributed by atoms with Crippen molar-refractivity contribution in [3.05, 3.63) is 265 Å². The Morgan fingerprint density at radius 2 is 1.09 bits per heavy atom. The molecule has 0 saturated carbocycles. The third kappa shape index (κ3) is 8.45. The Morgan fingerprint density at radius 1 is 0.492 bits per heavy atom. The minimum Gasteiger partial charge on any atom is -0.316 e. The molecule has 0 aliphatic heterocycles. The van der Waals surface area contributed by atoms with Crippen LogP contribution in [0.25, 0.3) is 62.0 Å². The van der Waals surface area contributed by atoms with Gasteiger partial charge in [-0.1, -0.05) is 159 Å². The van der Waals surface area contributed by atoms with Crippen molar-refractivity contribution in [2.75, 3.05) is 0 Å². The maximum Gasteiger partial charge on any atom is 0.159 e. The molecule has 4 nitrogen and oxygen atoms in total. The monoisotopic (exact) mass is 1020 g/mol. The van der Waals surface area contributed by atoms with Crippen LogP contribution in [0.1, 0.15) is 41.7 Å². The molecular weight excluding hydrogens is 969 g/mol. The molecule has 65 heavy (non-hydrogen) atoms. The van der Waals surface area contributed by atoms with Crippen molar-refractivity contribution in [3.63, 3.8) is 0 Å². The second-order valence-electron chi connectivity index (χ2n) is 16.6. The number of hydrogen-bond acceptors (Lipinski definition) is 3. The molecule has 0 atom stereocenters. The van der Waals surface area contributed by atoms with Crippen molar-refractivity contribution in [3.8, 4) is 62.0 Å². The fourth-order valence-electron chi connectivity index (χ4n) is 9.21. The van der Waals surface area contributed by atoms with Gasteiger partial charge in [0, 0.05) is 37.6 Å². The molecule has 5 heteroatoms. The van der Waals surface area contributed by atoms with Crippen LogP contribution in [0, 0.1) is 18.1 Å². The zero-order chi connectivity index (χ0) is 43.3. The number of benzene rings is 8. The van der Waals surface area contributed by atoms with Gasteiger partial charge in [-0.3, -0.25) is 0 Å². The van der Waals surface area contributed by atoms with Crippen LogP contribution in [0.15, 0.2) is 225 Å². The first-order valence-corrected chi connectivity index (χ1v) is 21.9. The van der Waals surface area contributed by atoms with Gasteiger partial charge in [0.25, 0.3) is 0 Å². The molecule has 0 spiro atoms. The van der Waals surface area contributed by atoms with Gasteiger partial charge >= 0.3 is 0 Å². The summed E-state index contributed by atoms with van der Waals surface area (Å²) in [6.07, 6.45) is 2.86. The quantitative estimate of drug-likeness (QED) is 0.135. The maximum atomic E-state index is 4.66. The number of rotatable bonds is 9. The number of aromatic nitrogens is 4. The Morgan fingerprint density at radius 3 is 1.72 bits per heavy atom. The second-order valence-corrected chi connectivity index (χ2v) is 16.6. The van der Waals surface area contributed by atoms with Gasteiger partial charge in [0.2, 0.25) is 0 Å². The van der Waals surface area contributed by atoms with Crippen molar-refractivity contribution in [2.45, 2.75) is 25.7 Å². The van der Waals surface area contributed by atoms with Crippen LogP contribution in [-0.4, -0.2) is 19.7 Å². The van der Waals surface area contributed by atoms with Gasteiger partial charge < -0.3 is 9.55 Å². The van der Waals surface area contributed by atoms with E-state index >= 15 is 0 Å². The van der Waals surface area contributed by atoms with Crippen LogP contribution in [-0.2, 0) is 31.9 Å². The van der Waals surface area contributed by atoms with Gasteiger partial charge in [-0.15, -0.1) is 76.9 Å². The SMILES string of the molecule is CC(C)Cc1ccc(C2(c3cccc(-c4ccc(-n5c(-c6[c-]cccc6)nnc5-c5ccccc5)cc4)c3)c3ccccc3-c3ccccc32)cc1.[Ir].[c-]1ccccc1-c1ccccn1. The Balaban J connectivity index is 0.000000355. The zero-order valence-electron chi connectivity index (χ0n) is 36.3. The molecular formula is C60H46IrN4-2. The molecule has 2 aromatic heterocycles. The zero-order valence-corrected chi connectivity index (χ0v) is 38.7. The Bertz CT molecular complexity index is 2990. The van der Waals surface area contributed by atoms with Crippen molar-refractivity contribution >= 4 is 0 Å². The summed E-state index contributed by atoms with van der Waals surface area (Å²) in [5, 5.41) is 9.31. The molecule has 317 valence electrons. The van der Waals surface area contributed by atoms with E-state index in [4.69, 9.17) is 0 Å². The number of pyridine rings is 1. The van der Waals surface area contributed by atoms with Gasteiger partial charge in [0.05, 0.1) is 11.2 Å². The van der Waals surface area contributed by atoms with Crippen LogP contribution in [0.5, 0.6) is 0 Å². The molecule has 0 bridgehead atoms. The van der Waals surface area contributed by atoms with Crippen LogP contribution in [0.3, 0.4) is 0 Å². The fraction of sp³-hybridized carbons (Fsp3) is 0.0833. The molecule has 11 rings (SSSR count). The van der Waals surface area contributed by atoms with Crippen LogP contribution in [0.4, 0.5) is 0 Å². The van der Waals surface area contributed by atoms with Gasteiger partial charge in [-0.05, 0) is 92.4 Å². The molecule has 0 saturated heterocycles. The number of nitrogens with zero attached hydrogens (tertiary/aromatic N) is 4. The summed E-state index contributed by atoms with van der Waals surface area (Å²) in [5.41, 5.74) is 15.9. The molecule has 0 unspecified atom stereocenters. The molecule has 1 aliphatic carbocycles. The number of hydrogen-bond donors (Lipinski definition) is 0. The normalized spacial score (nSPS) is 12.0. The van der Waals surface area contributed by atoms with E-state index in [0.717, 1.165) is 51.7 Å². The third-order valence-electron chi connectivity index (χ3n) is 12.0. The van der Waals surface area contributed by atoms with E-state index in [1.165, 1.54) is 44.5 Å². The topological polar surface area (TPSA) is 43.6 Å². The van der Waals surface area contributed by atoms with Crippen LogP contribution in [0.2, 0.25) is 0 Å². The Labute approximate surface area is 395 Å². The standard InChI is InChI=1S/C49H38N3.C11H8N.Ir/c1-34(2)32-35-24-28-40(29-25-35)49(45-22-11-9-20-43(45)44-21-10-12-23-46(44)49)41-19-13-18-39(33-41)36-26-30-42(31-27-36)52-47(37-14-5-3-6-15-37)50-51-48(52)38-16-7-4-8-17-38;1-2-6-10(7-3-1)11-8-4-5-9-12-11;/h3-16,18-31,33-34H,32H2,1-2H3;1-6,8-9H;/q2*-1;. The van der Waals surface area contributed by atoms with Gasteiger partial charge in [-0.25, -0.2) is 0 Å². The molecule has 1 radical (unpaired) electrons. The van der Waals surface area contributed by atoms with E-state index in [1.807, 2.05) is 84.9 Å². The first-order chi connectivity index (χ1) is 31.6. The summed E-state index contributed by atoms with van der Waals surface area (Å²) in [5.74, 6) is 2.16. The number of fused-ring (bicyclic) bond motifs is 3. The van der Waals surface area contributed by atoms with Crippen molar-refractivity contribution in [1.29, 1.82) is 0 Å². The van der Waals surface area contributed by atoms with Gasteiger partial charge in [-0.2, -0.15) is 5.10 Å². The predicted molar refractivity (Wildman–Crippen MR) is 261 cm³/mol. The predicted octanol–water partition coefficient (Wildman–Crippen LogP) is 14.2. The molecule has 0 fully saturated rings. The third-order valence-corrected chi connectivity index (χ3v) is 12.0. The summed E-state index contributed by atoms with van der Waals surface area (Å²) in [6, 6.07) is 83.6. The molecule has 1 aliphatic rings. The smallest absolute Gasteiger partial charge is 0.159 e. The van der Waals surface area contributed by atoms with E-state index in [0.29, 0.717) is 5.92 Å². The van der Waals surface area contributed by atoms with E-state index < -0.39 is 5.41 Å². The summed E-state index contributed by atoms with van der Waals surface area (Å²) < 4.78 is 2.13. The van der Waals surface area contributed by atoms with Crippen molar-refractivity contribution < 1.29 is 20.1 Å². The van der Waals surface area contributed by atoms with E-state index in [1.54, 1.807) is 6.20 Å². The van der Waals surface area contributed by atoms with Gasteiger partial charge in [0.1, 0.15) is 0 Å². The van der Waals surface area contributed by atoms with Crippen molar-refractivity contribution in [1.82, 2.24) is 19.7 Å². The Hall–Kier alpha value is -7.30. The van der Waals surface area contributed by atoms with Crippen molar-refractivity contribution in [2.24, 2.45) is 5.92 Å². The minimum absolute atomic E-state index is 0. The molecule has 0 amide bonds. The van der Waals surface area contributed by atoms with E-state index in [2.05, 4.69) is 179 Å². The van der Waals surface area contributed by atoms with Crippen LogP contribution < -0.4 is 0 Å². The average Bonchev–Trinajstić information content (AvgIpc) is 3.94. The summed E-state index contributed by atoms with van der Waals surface area (Å²) in [6.45, 7) is 4.57. The fourth-order valence-corrected chi connectivity index (χ4v) is 9.21. The van der Waals surface area contributed by atoms with E-state index in [-0.39, 0.29) is 20.1 Å². The first kappa shape index (κ1) is 43.0. The Kier molecular flexibility index (Phi) is 12.7. The van der Waals surface area contributed by atoms with E-state index in [9.17, 15) is 0 Å². The molecule has 0 N–H and O–H groups in total. The first-order valence-electron chi connectivity index (χ1n) is 21.9. The summed E-state index contributed by atoms with van der Waals surface area (Å²) in [7, 11) is 0.